The molecule has 1 aromatic carbocycles. The molecule has 1 unspecified atom stereocenters. The Labute approximate surface area is 148 Å². The van der Waals surface area contributed by atoms with Gasteiger partial charge < -0.3 is 14.3 Å². The molecule has 2 rings (SSSR count). The van der Waals surface area contributed by atoms with E-state index in [1.54, 1.807) is 45.0 Å². The second-order valence-corrected chi connectivity index (χ2v) is 7.69. The van der Waals surface area contributed by atoms with Crippen LogP contribution in [-0.4, -0.2) is 26.7 Å². The maximum atomic E-state index is 12.6. The van der Waals surface area contributed by atoms with Crippen molar-refractivity contribution in [2.24, 2.45) is 0 Å². The third kappa shape index (κ3) is 4.84. The maximum absolute atomic E-state index is 12.6. The number of furan rings is 1. The van der Waals surface area contributed by atoms with Crippen molar-refractivity contribution >= 4 is 10.0 Å². The minimum atomic E-state index is -3.73. The third-order valence-electron chi connectivity index (χ3n) is 3.84. The van der Waals surface area contributed by atoms with Gasteiger partial charge in [0, 0.05) is 12.1 Å². The van der Waals surface area contributed by atoms with E-state index in [-0.39, 0.29) is 17.9 Å². The van der Waals surface area contributed by atoms with Gasteiger partial charge in [0.1, 0.15) is 22.2 Å². The molecule has 2 N–H and O–H groups in total. The highest BCUT2D eigenvalue weighted by Gasteiger charge is 2.21. The number of sulfonamides is 1. The number of hydrogen-bond acceptors (Lipinski definition) is 5. The van der Waals surface area contributed by atoms with Gasteiger partial charge in [0.25, 0.3) is 0 Å². The van der Waals surface area contributed by atoms with E-state index in [9.17, 15) is 13.5 Å². The Morgan fingerprint density at radius 1 is 1.24 bits per heavy atom. The van der Waals surface area contributed by atoms with Gasteiger partial charge in [-0.3, -0.25) is 0 Å². The molecule has 6 nitrogen and oxygen atoms in total. The van der Waals surface area contributed by atoms with E-state index in [4.69, 9.17) is 9.15 Å². The van der Waals surface area contributed by atoms with Crippen molar-refractivity contribution in [2.75, 3.05) is 13.2 Å². The highest BCUT2D eigenvalue weighted by atomic mass is 32.2. The summed E-state index contributed by atoms with van der Waals surface area (Å²) in [5, 5.41) is 10.2. The van der Waals surface area contributed by atoms with Gasteiger partial charge in [-0.1, -0.05) is 6.07 Å². The van der Waals surface area contributed by atoms with E-state index < -0.39 is 16.1 Å². The first-order chi connectivity index (χ1) is 11.7. The lowest BCUT2D eigenvalue weighted by molar-refractivity contribution is 0.167. The first-order valence-electron chi connectivity index (χ1n) is 8.22. The van der Waals surface area contributed by atoms with Crippen LogP contribution < -0.4 is 9.46 Å². The highest BCUT2D eigenvalue weighted by molar-refractivity contribution is 7.89. The summed E-state index contributed by atoms with van der Waals surface area (Å²) in [6.07, 6.45) is -0.543. The summed E-state index contributed by atoms with van der Waals surface area (Å²) < 4.78 is 38.5. The predicted octanol–water partition coefficient (Wildman–Crippen LogP) is 3.01. The van der Waals surface area contributed by atoms with Crippen LogP contribution in [0.25, 0.3) is 0 Å². The zero-order valence-electron chi connectivity index (χ0n) is 15.0. The molecular weight excluding hydrogens is 342 g/mol. The van der Waals surface area contributed by atoms with E-state index in [1.807, 2.05) is 6.92 Å². The zero-order valence-corrected chi connectivity index (χ0v) is 15.8. The normalized spacial score (nSPS) is 13.0. The fourth-order valence-corrected chi connectivity index (χ4v) is 3.92. The van der Waals surface area contributed by atoms with E-state index in [2.05, 4.69) is 4.72 Å². The zero-order chi connectivity index (χ0) is 18.6. The molecule has 0 aliphatic heterocycles. The van der Waals surface area contributed by atoms with E-state index >= 15 is 0 Å². The molecule has 1 atom stereocenters. The molecule has 0 spiro atoms. The monoisotopic (exact) mass is 367 g/mol. The number of benzene rings is 1. The summed E-state index contributed by atoms with van der Waals surface area (Å²) in [7, 11) is -3.73. The van der Waals surface area contributed by atoms with Gasteiger partial charge in [-0.05, 0) is 57.9 Å². The fourth-order valence-electron chi connectivity index (χ4n) is 2.64. The lowest BCUT2D eigenvalue weighted by atomic mass is 10.1. The van der Waals surface area contributed by atoms with Gasteiger partial charge in [-0.15, -0.1) is 0 Å². The number of ether oxygens (including phenoxy) is 1. The Kier molecular flexibility index (Phi) is 6.26. The first kappa shape index (κ1) is 19.5. The van der Waals surface area contributed by atoms with Crippen LogP contribution in [0.5, 0.6) is 5.75 Å². The van der Waals surface area contributed by atoms with Crippen LogP contribution in [0.15, 0.2) is 33.6 Å². The van der Waals surface area contributed by atoms with E-state index in [1.165, 1.54) is 0 Å². The lowest BCUT2D eigenvalue weighted by Gasteiger charge is -2.14. The molecule has 2 aromatic rings. The molecule has 1 aromatic heterocycles. The second-order valence-electron chi connectivity index (χ2n) is 5.95. The van der Waals surface area contributed by atoms with Gasteiger partial charge in [-0.2, -0.15) is 0 Å². The Balaban J connectivity index is 2.07. The summed E-state index contributed by atoms with van der Waals surface area (Å²) in [6.45, 7) is 7.68. The topological polar surface area (TPSA) is 88.8 Å². The summed E-state index contributed by atoms with van der Waals surface area (Å²) >= 11 is 0. The minimum absolute atomic E-state index is 0.104. The Morgan fingerprint density at radius 3 is 2.56 bits per heavy atom. The lowest BCUT2D eigenvalue weighted by Crippen LogP contribution is -2.26. The van der Waals surface area contributed by atoms with Crippen LogP contribution in [0.1, 0.15) is 42.1 Å². The average Bonchev–Trinajstić information content (AvgIpc) is 2.87. The maximum Gasteiger partial charge on any atom is 0.244 e. The Bertz CT molecular complexity index is 826. The van der Waals surface area contributed by atoms with Crippen LogP contribution in [0.4, 0.5) is 0 Å². The molecule has 0 amide bonds. The number of hydrogen-bond donors (Lipinski definition) is 2. The molecule has 7 heteroatoms. The van der Waals surface area contributed by atoms with Gasteiger partial charge in [0.05, 0.1) is 12.7 Å². The molecule has 0 fully saturated rings. The minimum Gasteiger partial charge on any atom is -0.492 e. The predicted molar refractivity (Wildman–Crippen MR) is 95.3 cm³/mol. The van der Waals surface area contributed by atoms with Gasteiger partial charge >= 0.3 is 0 Å². The molecule has 25 heavy (non-hydrogen) atoms. The average molecular weight is 367 g/mol. The fraction of sp³-hybridized carbons (Fsp3) is 0.444. The second kappa shape index (κ2) is 8.03. The number of aryl methyl sites for hydroxylation is 3. The number of rotatable bonds is 8. The largest absolute Gasteiger partial charge is 0.492 e. The van der Waals surface area contributed by atoms with Crippen LogP contribution in [0, 0.1) is 20.8 Å². The van der Waals surface area contributed by atoms with Gasteiger partial charge in [0.15, 0.2) is 0 Å². The summed E-state index contributed by atoms with van der Waals surface area (Å²) in [5.41, 5.74) is 1.51. The summed E-state index contributed by atoms with van der Waals surface area (Å²) in [5.74, 6) is 1.68. The quantitative estimate of drug-likeness (QED) is 0.749. The highest BCUT2D eigenvalue weighted by Crippen LogP contribution is 2.26. The van der Waals surface area contributed by atoms with Crippen LogP contribution in [-0.2, 0) is 10.0 Å². The molecule has 0 aliphatic rings. The summed E-state index contributed by atoms with van der Waals surface area (Å²) in [6, 6.07) is 6.80. The van der Waals surface area contributed by atoms with Crippen molar-refractivity contribution in [3.05, 3.63) is 46.9 Å². The SMILES string of the molecule is CCOc1ccc(C)cc1S(=O)(=O)NCCC(O)c1cc(C)oc1C. The number of aliphatic hydroxyl groups is 1. The Hall–Kier alpha value is -1.83. The molecule has 1 heterocycles. The Morgan fingerprint density at radius 2 is 1.96 bits per heavy atom. The standard InChI is InChI=1S/C18H25NO5S/c1-5-23-17-7-6-12(2)10-18(17)25(21,22)19-9-8-16(20)15-11-13(3)24-14(15)4/h6-7,10-11,16,19-20H,5,8-9H2,1-4H3. The molecule has 0 saturated carbocycles. The van der Waals surface area contributed by atoms with Crippen molar-refractivity contribution in [1.29, 1.82) is 0 Å². The molecule has 0 aliphatic carbocycles. The van der Waals surface area contributed by atoms with Crippen LogP contribution >= 0.6 is 0 Å². The van der Waals surface area contributed by atoms with Crippen molar-refractivity contribution in [3.8, 4) is 5.75 Å². The van der Waals surface area contributed by atoms with Crippen molar-refractivity contribution in [3.63, 3.8) is 0 Å². The number of nitrogens with one attached hydrogen (secondary N) is 1. The first-order valence-corrected chi connectivity index (χ1v) is 9.71. The third-order valence-corrected chi connectivity index (χ3v) is 5.32. The molecular formula is C18H25NO5S. The molecule has 0 saturated heterocycles. The van der Waals surface area contributed by atoms with Gasteiger partial charge in [-0.25, -0.2) is 13.1 Å². The van der Waals surface area contributed by atoms with Crippen molar-refractivity contribution in [1.82, 2.24) is 4.72 Å². The van der Waals surface area contributed by atoms with Crippen LogP contribution in [0.2, 0.25) is 0 Å². The molecule has 138 valence electrons. The summed E-state index contributed by atoms with van der Waals surface area (Å²) in [4.78, 5) is 0.110. The van der Waals surface area contributed by atoms with E-state index in [0.717, 1.165) is 5.56 Å². The number of aliphatic hydroxyl groups excluding tert-OH is 1. The van der Waals surface area contributed by atoms with E-state index in [0.29, 0.717) is 29.4 Å². The smallest absolute Gasteiger partial charge is 0.244 e. The van der Waals surface area contributed by atoms with Crippen LogP contribution in [0.3, 0.4) is 0 Å². The van der Waals surface area contributed by atoms with Gasteiger partial charge in [0.2, 0.25) is 10.0 Å². The van der Waals surface area contributed by atoms with Crippen molar-refractivity contribution in [2.45, 2.75) is 45.1 Å². The molecule has 0 bridgehead atoms. The molecule has 0 radical (unpaired) electrons. The van der Waals surface area contributed by atoms with Crippen molar-refractivity contribution < 1.29 is 22.7 Å².